The van der Waals surface area contributed by atoms with Gasteiger partial charge in [0.25, 0.3) is 5.91 Å². The smallest absolute Gasteiger partial charge is 0.271 e. The zero-order chi connectivity index (χ0) is 11.7. The van der Waals surface area contributed by atoms with Crippen LogP contribution < -0.4 is 0 Å². The number of hydrogen-bond acceptors (Lipinski definition) is 3. The van der Waals surface area contributed by atoms with Crippen LogP contribution in [0.5, 0.6) is 0 Å². The Kier molecular flexibility index (Phi) is 2.82. The minimum absolute atomic E-state index is 0.00843. The van der Waals surface area contributed by atoms with Crippen LogP contribution in [-0.2, 0) is 4.84 Å². The van der Waals surface area contributed by atoms with Gasteiger partial charge in [-0.1, -0.05) is 18.2 Å². The SMILES string of the molecule is O=C(c1cc2ccccc2s1)N1CCCCO1. The lowest BCUT2D eigenvalue weighted by Gasteiger charge is -2.25. The standard InChI is InChI=1S/C13H13NO2S/c15-13(14-7-3-4-8-16-14)12-9-10-5-1-2-6-11(10)17-12/h1-2,5-6,9H,3-4,7-8H2. The van der Waals surface area contributed by atoms with E-state index in [-0.39, 0.29) is 5.91 Å². The third-order valence-corrected chi connectivity index (χ3v) is 3.97. The van der Waals surface area contributed by atoms with Crippen LogP contribution in [0.25, 0.3) is 10.1 Å². The maximum atomic E-state index is 12.2. The van der Waals surface area contributed by atoms with E-state index in [0.717, 1.165) is 27.8 Å². The highest BCUT2D eigenvalue weighted by molar-refractivity contribution is 7.20. The first-order valence-corrected chi connectivity index (χ1v) is 6.59. The topological polar surface area (TPSA) is 29.5 Å². The molecule has 17 heavy (non-hydrogen) atoms. The molecular weight excluding hydrogens is 234 g/mol. The molecule has 0 saturated carbocycles. The Balaban J connectivity index is 1.89. The number of carbonyl (C=O) groups is 1. The molecule has 1 aromatic carbocycles. The van der Waals surface area contributed by atoms with Crippen molar-refractivity contribution in [2.24, 2.45) is 0 Å². The third-order valence-electron chi connectivity index (χ3n) is 2.87. The van der Waals surface area contributed by atoms with Crippen molar-refractivity contribution in [2.45, 2.75) is 12.8 Å². The highest BCUT2D eigenvalue weighted by Crippen LogP contribution is 2.26. The molecule has 0 N–H and O–H groups in total. The Morgan fingerprint density at radius 1 is 1.29 bits per heavy atom. The van der Waals surface area contributed by atoms with Gasteiger partial charge in [0.05, 0.1) is 11.5 Å². The molecule has 1 saturated heterocycles. The molecule has 0 aliphatic carbocycles. The Hall–Kier alpha value is -1.39. The first-order chi connectivity index (χ1) is 8.34. The summed E-state index contributed by atoms with van der Waals surface area (Å²) in [6.07, 6.45) is 2.06. The molecule has 1 aromatic heterocycles. The van der Waals surface area contributed by atoms with Crippen molar-refractivity contribution in [3.05, 3.63) is 35.2 Å². The summed E-state index contributed by atoms with van der Waals surface area (Å²) in [7, 11) is 0. The number of carbonyl (C=O) groups excluding carboxylic acids is 1. The van der Waals surface area contributed by atoms with Crippen LogP contribution in [0.4, 0.5) is 0 Å². The first kappa shape index (κ1) is 10.7. The van der Waals surface area contributed by atoms with Crippen LogP contribution in [0.15, 0.2) is 30.3 Å². The number of hydrogen-bond donors (Lipinski definition) is 0. The molecule has 1 fully saturated rings. The van der Waals surface area contributed by atoms with Gasteiger partial charge in [-0.3, -0.25) is 9.63 Å². The average molecular weight is 247 g/mol. The van der Waals surface area contributed by atoms with E-state index in [4.69, 9.17) is 4.84 Å². The lowest BCUT2D eigenvalue weighted by Crippen LogP contribution is -2.35. The molecule has 3 nitrogen and oxygen atoms in total. The molecule has 4 heteroatoms. The van der Waals surface area contributed by atoms with Crippen LogP contribution in [0, 0.1) is 0 Å². The number of fused-ring (bicyclic) bond motifs is 1. The van der Waals surface area contributed by atoms with Gasteiger partial charge < -0.3 is 0 Å². The Morgan fingerprint density at radius 3 is 2.94 bits per heavy atom. The summed E-state index contributed by atoms with van der Waals surface area (Å²) >= 11 is 1.53. The predicted molar refractivity (Wildman–Crippen MR) is 68.0 cm³/mol. The van der Waals surface area contributed by atoms with Crippen molar-refractivity contribution in [1.82, 2.24) is 5.06 Å². The fraction of sp³-hybridized carbons (Fsp3) is 0.308. The number of hydroxylamine groups is 2. The highest BCUT2D eigenvalue weighted by Gasteiger charge is 2.21. The summed E-state index contributed by atoms with van der Waals surface area (Å²) in [4.78, 5) is 18.3. The number of nitrogens with zero attached hydrogens (tertiary/aromatic N) is 1. The van der Waals surface area contributed by atoms with Crippen LogP contribution >= 0.6 is 11.3 Å². The molecule has 88 valence electrons. The third kappa shape index (κ3) is 2.06. The van der Waals surface area contributed by atoms with Crippen LogP contribution in [0.1, 0.15) is 22.5 Å². The normalized spacial score (nSPS) is 16.4. The molecule has 0 bridgehead atoms. The largest absolute Gasteiger partial charge is 0.287 e. The summed E-state index contributed by atoms with van der Waals surface area (Å²) in [6.45, 7) is 1.35. The Labute approximate surface area is 104 Å². The number of benzene rings is 1. The number of rotatable bonds is 1. The van der Waals surface area contributed by atoms with Gasteiger partial charge in [0.2, 0.25) is 0 Å². The second-order valence-electron chi connectivity index (χ2n) is 4.10. The highest BCUT2D eigenvalue weighted by atomic mass is 32.1. The molecule has 0 unspecified atom stereocenters. The van der Waals surface area contributed by atoms with Crippen molar-refractivity contribution in [3.63, 3.8) is 0 Å². The molecule has 1 amide bonds. The monoisotopic (exact) mass is 247 g/mol. The van der Waals surface area contributed by atoms with E-state index in [1.807, 2.05) is 30.3 Å². The van der Waals surface area contributed by atoms with E-state index in [9.17, 15) is 4.79 Å². The van der Waals surface area contributed by atoms with Gasteiger partial charge >= 0.3 is 0 Å². The molecule has 0 radical (unpaired) electrons. The maximum absolute atomic E-state index is 12.2. The van der Waals surface area contributed by atoms with Gasteiger partial charge in [0.1, 0.15) is 0 Å². The van der Waals surface area contributed by atoms with Crippen molar-refractivity contribution in [2.75, 3.05) is 13.2 Å². The molecule has 3 rings (SSSR count). The van der Waals surface area contributed by atoms with Crippen molar-refractivity contribution in [1.29, 1.82) is 0 Å². The first-order valence-electron chi connectivity index (χ1n) is 5.78. The number of thiophene rings is 1. The molecular formula is C13H13NO2S. The van der Waals surface area contributed by atoms with E-state index in [1.165, 1.54) is 16.4 Å². The lowest BCUT2D eigenvalue weighted by molar-refractivity contribution is -0.143. The van der Waals surface area contributed by atoms with Crippen LogP contribution in [0.2, 0.25) is 0 Å². The molecule has 1 aliphatic rings. The molecule has 1 aliphatic heterocycles. The van der Waals surface area contributed by atoms with Gasteiger partial charge in [-0.2, -0.15) is 0 Å². The van der Waals surface area contributed by atoms with Gasteiger partial charge in [-0.15, -0.1) is 11.3 Å². The Morgan fingerprint density at radius 2 is 2.18 bits per heavy atom. The van der Waals surface area contributed by atoms with E-state index < -0.39 is 0 Å². The van der Waals surface area contributed by atoms with Gasteiger partial charge in [0, 0.05) is 11.2 Å². The summed E-state index contributed by atoms with van der Waals surface area (Å²) in [5.74, 6) is -0.00843. The minimum Gasteiger partial charge on any atom is -0.271 e. The second-order valence-corrected chi connectivity index (χ2v) is 5.18. The summed E-state index contributed by atoms with van der Waals surface area (Å²) < 4.78 is 1.15. The van der Waals surface area contributed by atoms with Crippen molar-refractivity contribution in [3.8, 4) is 0 Å². The average Bonchev–Trinajstić information content (AvgIpc) is 2.82. The minimum atomic E-state index is -0.00843. The predicted octanol–water partition coefficient (Wildman–Crippen LogP) is 3.07. The summed E-state index contributed by atoms with van der Waals surface area (Å²) in [6, 6.07) is 9.99. The van der Waals surface area contributed by atoms with Gasteiger partial charge in [-0.25, -0.2) is 5.06 Å². The molecule has 0 atom stereocenters. The zero-order valence-electron chi connectivity index (χ0n) is 9.39. The van der Waals surface area contributed by atoms with E-state index in [2.05, 4.69) is 0 Å². The zero-order valence-corrected chi connectivity index (χ0v) is 10.2. The quantitative estimate of drug-likeness (QED) is 0.775. The summed E-state index contributed by atoms with van der Waals surface area (Å²) in [5, 5.41) is 2.62. The van der Waals surface area contributed by atoms with Crippen molar-refractivity contribution < 1.29 is 9.63 Å². The molecule has 2 heterocycles. The Bertz CT molecular complexity index is 510. The van der Waals surface area contributed by atoms with Crippen LogP contribution in [0.3, 0.4) is 0 Å². The van der Waals surface area contributed by atoms with Gasteiger partial charge in [-0.05, 0) is 30.4 Å². The number of amides is 1. The lowest BCUT2D eigenvalue weighted by atomic mass is 10.2. The van der Waals surface area contributed by atoms with E-state index >= 15 is 0 Å². The van der Waals surface area contributed by atoms with E-state index in [0.29, 0.717) is 13.2 Å². The summed E-state index contributed by atoms with van der Waals surface area (Å²) in [5.41, 5.74) is 0. The fourth-order valence-electron chi connectivity index (χ4n) is 1.97. The van der Waals surface area contributed by atoms with Crippen molar-refractivity contribution >= 4 is 27.3 Å². The van der Waals surface area contributed by atoms with Gasteiger partial charge in [0.15, 0.2) is 0 Å². The maximum Gasteiger partial charge on any atom is 0.287 e. The van der Waals surface area contributed by atoms with Crippen LogP contribution in [-0.4, -0.2) is 24.1 Å². The van der Waals surface area contributed by atoms with E-state index in [1.54, 1.807) is 0 Å². The molecule has 2 aromatic rings. The molecule has 0 spiro atoms. The fourth-order valence-corrected chi connectivity index (χ4v) is 2.97. The second kappa shape index (κ2) is 4.47.